The molecular formula is C13H13ClN2O2. The van der Waals surface area contributed by atoms with Crippen molar-refractivity contribution in [2.75, 3.05) is 25.1 Å². The number of nitrogens with zero attached hydrogens (tertiary/aromatic N) is 2. The Morgan fingerprint density at radius 1 is 1.61 bits per heavy atom. The summed E-state index contributed by atoms with van der Waals surface area (Å²) >= 11 is 6.14. The predicted octanol–water partition coefficient (Wildman–Crippen LogP) is 2.21. The zero-order chi connectivity index (χ0) is 13.1. The van der Waals surface area contributed by atoms with Crippen molar-refractivity contribution in [3.05, 3.63) is 28.8 Å². The van der Waals surface area contributed by atoms with E-state index >= 15 is 0 Å². The maximum absolute atomic E-state index is 11.5. The highest BCUT2D eigenvalue weighted by molar-refractivity contribution is 6.33. The highest BCUT2D eigenvalue weighted by atomic mass is 35.5. The lowest BCUT2D eigenvalue weighted by atomic mass is 10.1. The average molecular weight is 265 g/mol. The minimum Gasteiger partial charge on any atom is -0.469 e. The fraction of sp³-hybridized carbons (Fsp3) is 0.385. The van der Waals surface area contributed by atoms with E-state index in [1.165, 1.54) is 7.11 Å². The Bertz CT molecular complexity index is 510. The zero-order valence-electron chi connectivity index (χ0n) is 10.0. The molecule has 1 fully saturated rings. The van der Waals surface area contributed by atoms with Gasteiger partial charge in [0.1, 0.15) is 0 Å². The summed E-state index contributed by atoms with van der Waals surface area (Å²) in [6.45, 7) is 1.38. The van der Waals surface area contributed by atoms with Gasteiger partial charge in [0, 0.05) is 13.1 Å². The number of halogens is 1. The van der Waals surface area contributed by atoms with E-state index in [2.05, 4.69) is 0 Å². The highest BCUT2D eigenvalue weighted by Crippen LogP contribution is 2.31. The Morgan fingerprint density at radius 2 is 2.39 bits per heavy atom. The van der Waals surface area contributed by atoms with Gasteiger partial charge in [-0.3, -0.25) is 4.79 Å². The Hall–Kier alpha value is -1.73. The largest absolute Gasteiger partial charge is 0.469 e. The van der Waals surface area contributed by atoms with Crippen LogP contribution >= 0.6 is 11.6 Å². The minimum absolute atomic E-state index is 0.0956. The molecule has 0 aliphatic carbocycles. The Balaban J connectivity index is 2.15. The Morgan fingerprint density at radius 3 is 3.00 bits per heavy atom. The molecule has 1 aliphatic heterocycles. The fourth-order valence-corrected chi connectivity index (χ4v) is 2.47. The number of rotatable bonds is 2. The number of esters is 1. The van der Waals surface area contributed by atoms with E-state index in [0.717, 1.165) is 18.7 Å². The molecule has 0 amide bonds. The molecule has 1 unspecified atom stereocenters. The van der Waals surface area contributed by atoms with Crippen LogP contribution in [-0.4, -0.2) is 26.2 Å². The van der Waals surface area contributed by atoms with Gasteiger partial charge in [0.25, 0.3) is 0 Å². The van der Waals surface area contributed by atoms with E-state index < -0.39 is 0 Å². The maximum Gasteiger partial charge on any atom is 0.310 e. The van der Waals surface area contributed by atoms with Crippen LogP contribution in [0.2, 0.25) is 5.02 Å². The quantitative estimate of drug-likeness (QED) is 0.769. The lowest BCUT2D eigenvalue weighted by Crippen LogP contribution is -2.23. The zero-order valence-corrected chi connectivity index (χ0v) is 10.8. The molecule has 1 atom stereocenters. The normalized spacial score (nSPS) is 18.5. The Labute approximate surface area is 111 Å². The molecule has 1 aliphatic rings. The molecule has 18 heavy (non-hydrogen) atoms. The summed E-state index contributed by atoms with van der Waals surface area (Å²) in [5.41, 5.74) is 1.40. The van der Waals surface area contributed by atoms with Crippen molar-refractivity contribution in [1.82, 2.24) is 0 Å². The van der Waals surface area contributed by atoms with Gasteiger partial charge in [-0.15, -0.1) is 0 Å². The first-order valence-corrected chi connectivity index (χ1v) is 6.06. The molecule has 2 rings (SSSR count). The van der Waals surface area contributed by atoms with Crippen LogP contribution in [0.4, 0.5) is 5.69 Å². The molecule has 94 valence electrons. The SMILES string of the molecule is COC(=O)C1CCN(c2ccc(C#N)cc2Cl)C1. The summed E-state index contributed by atoms with van der Waals surface area (Å²) in [6, 6.07) is 7.23. The average Bonchev–Trinajstić information content (AvgIpc) is 2.87. The van der Waals surface area contributed by atoms with Crippen molar-refractivity contribution in [3.8, 4) is 6.07 Å². The van der Waals surface area contributed by atoms with E-state index in [9.17, 15) is 4.79 Å². The molecule has 5 heteroatoms. The van der Waals surface area contributed by atoms with Crippen molar-refractivity contribution in [3.63, 3.8) is 0 Å². The second-order valence-electron chi connectivity index (χ2n) is 4.23. The van der Waals surface area contributed by atoms with Crippen molar-refractivity contribution in [2.45, 2.75) is 6.42 Å². The summed E-state index contributed by atoms with van der Waals surface area (Å²) in [5, 5.41) is 9.32. The number of carbonyl (C=O) groups excluding carboxylic acids is 1. The fourth-order valence-electron chi connectivity index (χ4n) is 2.17. The molecule has 0 N–H and O–H groups in total. The molecular weight excluding hydrogens is 252 g/mol. The van der Waals surface area contributed by atoms with Gasteiger partial charge in [0.15, 0.2) is 0 Å². The van der Waals surface area contributed by atoms with Gasteiger partial charge < -0.3 is 9.64 Å². The first-order valence-electron chi connectivity index (χ1n) is 5.68. The van der Waals surface area contributed by atoms with Crippen LogP contribution in [0.15, 0.2) is 18.2 Å². The van der Waals surface area contributed by atoms with Gasteiger partial charge in [-0.2, -0.15) is 5.26 Å². The second-order valence-corrected chi connectivity index (χ2v) is 4.64. The molecule has 0 radical (unpaired) electrons. The van der Waals surface area contributed by atoms with Crippen molar-refractivity contribution < 1.29 is 9.53 Å². The van der Waals surface area contributed by atoms with Gasteiger partial charge >= 0.3 is 5.97 Å². The van der Waals surface area contributed by atoms with E-state index in [4.69, 9.17) is 21.6 Å². The number of benzene rings is 1. The van der Waals surface area contributed by atoms with Crippen LogP contribution < -0.4 is 4.90 Å². The summed E-state index contributed by atoms with van der Waals surface area (Å²) in [6.07, 6.45) is 0.767. The van der Waals surface area contributed by atoms with E-state index in [-0.39, 0.29) is 11.9 Å². The number of hydrogen-bond donors (Lipinski definition) is 0. The monoisotopic (exact) mass is 264 g/mol. The number of carbonyl (C=O) groups is 1. The topological polar surface area (TPSA) is 53.3 Å². The van der Waals surface area contributed by atoms with Crippen LogP contribution in [0.1, 0.15) is 12.0 Å². The van der Waals surface area contributed by atoms with Crippen LogP contribution in [0.3, 0.4) is 0 Å². The molecule has 0 aromatic heterocycles. The number of anilines is 1. The van der Waals surface area contributed by atoms with Gasteiger partial charge in [0.2, 0.25) is 0 Å². The van der Waals surface area contributed by atoms with Crippen LogP contribution in [0.25, 0.3) is 0 Å². The number of hydrogen-bond acceptors (Lipinski definition) is 4. The van der Waals surface area contributed by atoms with Crippen molar-refractivity contribution >= 4 is 23.3 Å². The molecule has 1 aromatic carbocycles. The molecule has 1 heterocycles. The molecule has 1 aromatic rings. The first-order chi connectivity index (χ1) is 8.65. The third-order valence-corrected chi connectivity index (χ3v) is 3.44. The second kappa shape index (κ2) is 5.28. The summed E-state index contributed by atoms with van der Waals surface area (Å²) < 4.78 is 4.74. The van der Waals surface area contributed by atoms with Crippen LogP contribution in [0.5, 0.6) is 0 Å². The van der Waals surface area contributed by atoms with E-state index in [1.807, 2.05) is 17.0 Å². The third kappa shape index (κ3) is 2.41. The van der Waals surface area contributed by atoms with Gasteiger partial charge in [0.05, 0.1) is 35.4 Å². The lowest BCUT2D eigenvalue weighted by molar-refractivity contribution is -0.144. The predicted molar refractivity (Wildman–Crippen MR) is 68.5 cm³/mol. The van der Waals surface area contributed by atoms with Crippen molar-refractivity contribution in [1.29, 1.82) is 5.26 Å². The maximum atomic E-state index is 11.5. The van der Waals surface area contributed by atoms with Gasteiger partial charge in [-0.05, 0) is 24.6 Å². The van der Waals surface area contributed by atoms with Gasteiger partial charge in [-0.25, -0.2) is 0 Å². The number of nitriles is 1. The summed E-state index contributed by atoms with van der Waals surface area (Å²) in [5.74, 6) is -0.274. The molecule has 1 saturated heterocycles. The standard InChI is InChI=1S/C13H13ClN2O2/c1-18-13(17)10-4-5-16(8-10)12-3-2-9(7-15)6-11(12)14/h2-3,6,10H,4-5,8H2,1H3. The number of ether oxygens (including phenoxy) is 1. The Kier molecular flexibility index (Phi) is 3.73. The molecule has 0 saturated carbocycles. The minimum atomic E-state index is -0.178. The summed E-state index contributed by atoms with van der Waals surface area (Å²) in [4.78, 5) is 13.5. The van der Waals surface area contributed by atoms with Gasteiger partial charge in [-0.1, -0.05) is 11.6 Å². The van der Waals surface area contributed by atoms with E-state index in [1.54, 1.807) is 12.1 Å². The summed E-state index contributed by atoms with van der Waals surface area (Å²) in [7, 11) is 1.40. The smallest absolute Gasteiger partial charge is 0.310 e. The first kappa shape index (κ1) is 12.7. The van der Waals surface area contributed by atoms with Crippen LogP contribution in [0, 0.1) is 17.2 Å². The highest BCUT2D eigenvalue weighted by Gasteiger charge is 2.29. The number of methoxy groups -OCH3 is 1. The van der Waals surface area contributed by atoms with Crippen LogP contribution in [-0.2, 0) is 9.53 Å². The third-order valence-electron chi connectivity index (χ3n) is 3.14. The lowest BCUT2D eigenvalue weighted by Gasteiger charge is -2.19. The molecule has 0 bridgehead atoms. The van der Waals surface area contributed by atoms with Crippen molar-refractivity contribution in [2.24, 2.45) is 5.92 Å². The molecule has 4 nitrogen and oxygen atoms in total. The molecule has 0 spiro atoms. The van der Waals surface area contributed by atoms with E-state index in [0.29, 0.717) is 17.1 Å².